The van der Waals surface area contributed by atoms with E-state index >= 15 is 0 Å². The SMILES string of the molecule is CCc1cc(C=O)on1.CCc1cc(CO)on1. The Hall–Kier alpha value is -1.95. The number of hydrogen-bond donors (Lipinski definition) is 1. The molecule has 0 aliphatic rings. The lowest BCUT2D eigenvalue weighted by Gasteiger charge is -1.77. The second kappa shape index (κ2) is 7.39. The molecule has 6 nitrogen and oxygen atoms in total. The number of aliphatic hydroxyl groups is 1. The summed E-state index contributed by atoms with van der Waals surface area (Å²) in [4.78, 5) is 10.0. The van der Waals surface area contributed by atoms with Crippen LogP contribution in [0.15, 0.2) is 21.2 Å². The van der Waals surface area contributed by atoms with Crippen LogP contribution in [0.4, 0.5) is 0 Å². The average Bonchev–Trinajstić information content (AvgIpc) is 3.07. The Morgan fingerprint density at radius 2 is 1.78 bits per heavy atom. The summed E-state index contributed by atoms with van der Waals surface area (Å²) in [6.45, 7) is 3.87. The largest absolute Gasteiger partial charge is 0.388 e. The fourth-order valence-corrected chi connectivity index (χ4v) is 1.15. The van der Waals surface area contributed by atoms with Crippen LogP contribution in [0.3, 0.4) is 0 Å². The van der Waals surface area contributed by atoms with Gasteiger partial charge in [0.2, 0.25) is 0 Å². The van der Waals surface area contributed by atoms with Gasteiger partial charge in [0, 0.05) is 12.1 Å². The molecule has 2 aromatic rings. The van der Waals surface area contributed by atoms with Gasteiger partial charge in [-0.05, 0) is 12.8 Å². The van der Waals surface area contributed by atoms with Crippen molar-refractivity contribution in [2.75, 3.05) is 0 Å². The molecule has 0 saturated heterocycles. The summed E-state index contributed by atoms with van der Waals surface area (Å²) in [5.74, 6) is 0.832. The zero-order valence-electron chi connectivity index (χ0n) is 10.4. The van der Waals surface area contributed by atoms with Gasteiger partial charge in [-0.2, -0.15) is 0 Å². The summed E-state index contributed by atoms with van der Waals surface area (Å²) < 4.78 is 9.29. The minimum atomic E-state index is -0.0625. The molecule has 0 aromatic carbocycles. The number of carbonyl (C=O) groups is 1. The first-order chi connectivity index (χ1) is 8.73. The molecule has 0 fully saturated rings. The molecule has 6 heteroatoms. The van der Waals surface area contributed by atoms with E-state index in [9.17, 15) is 4.79 Å². The smallest absolute Gasteiger partial charge is 0.199 e. The van der Waals surface area contributed by atoms with Gasteiger partial charge in [-0.15, -0.1) is 0 Å². The third-order valence-electron chi connectivity index (χ3n) is 2.18. The van der Waals surface area contributed by atoms with Crippen molar-refractivity contribution in [2.24, 2.45) is 0 Å². The first kappa shape index (κ1) is 14.1. The average molecular weight is 252 g/mol. The lowest BCUT2D eigenvalue weighted by molar-refractivity contribution is 0.109. The fraction of sp³-hybridized carbons (Fsp3) is 0.417. The Balaban J connectivity index is 0.000000180. The second-order valence-corrected chi connectivity index (χ2v) is 3.49. The number of aromatic nitrogens is 2. The Morgan fingerprint density at radius 1 is 1.17 bits per heavy atom. The number of hydrogen-bond acceptors (Lipinski definition) is 6. The van der Waals surface area contributed by atoms with Crippen LogP contribution < -0.4 is 0 Å². The monoisotopic (exact) mass is 252 g/mol. The van der Waals surface area contributed by atoms with Gasteiger partial charge < -0.3 is 14.2 Å². The first-order valence-corrected chi connectivity index (χ1v) is 5.69. The van der Waals surface area contributed by atoms with E-state index in [-0.39, 0.29) is 6.61 Å². The zero-order valence-corrected chi connectivity index (χ0v) is 10.4. The summed E-state index contributed by atoms with van der Waals surface area (Å²) >= 11 is 0. The molecular weight excluding hydrogens is 236 g/mol. The molecule has 2 heterocycles. The number of aldehydes is 1. The van der Waals surface area contributed by atoms with Crippen molar-refractivity contribution in [1.82, 2.24) is 10.3 Å². The van der Waals surface area contributed by atoms with Gasteiger partial charge in [0.1, 0.15) is 6.61 Å². The summed E-state index contributed by atoms with van der Waals surface area (Å²) in [6.07, 6.45) is 2.30. The summed E-state index contributed by atoms with van der Waals surface area (Å²) in [6, 6.07) is 3.38. The van der Waals surface area contributed by atoms with Crippen molar-refractivity contribution in [2.45, 2.75) is 33.3 Å². The standard InChI is InChI=1S/C6H9NO2.C6H7NO2/c2*1-2-5-3-6(4-8)9-7-5/h3,8H,2,4H2,1H3;3-4H,2H2,1H3. The van der Waals surface area contributed by atoms with Crippen LogP contribution in [0.2, 0.25) is 0 Å². The van der Waals surface area contributed by atoms with E-state index in [1.54, 1.807) is 12.1 Å². The highest BCUT2D eigenvalue weighted by molar-refractivity contribution is 5.70. The molecule has 2 rings (SSSR count). The number of nitrogens with zero attached hydrogens (tertiary/aromatic N) is 2. The highest BCUT2D eigenvalue weighted by Crippen LogP contribution is 2.02. The van der Waals surface area contributed by atoms with Gasteiger partial charge >= 0.3 is 0 Å². The quantitative estimate of drug-likeness (QED) is 0.834. The van der Waals surface area contributed by atoms with Gasteiger partial charge in [0.25, 0.3) is 0 Å². The molecule has 0 aliphatic carbocycles. The van der Waals surface area contributed by atoms with Crippen LogP contribution in [0, 0.1) is 0 Å². The minimum absolute atomic E-state index is 0.0625. The Morgan fingerprint density at radius 3 is 2.11 bits per heavy atom. The van der Waals surface area contributed by atoms with Crippen LogP contribution in [-0.4, -0.2) is 21.7 Å². The zero-order chi connectivity index (χ0) is 13.4. The van der Waals surface area contributed by atoms with Gasteiger partial charge in [-0.1, -0.05) is 24.2 Å². The number of carbonyl (C=O) groups excluding carboxylic acids is 1. The molecule has 0 aliphatic heterocycles. The van der Waals surface area contributed by atoms with E-state index in [0.29, 0.717) is 17.8 Å². The summed E-state index contributed by atoms with van der Waals surface area (Å²) in [7, 11) is 0. The molecule has 0 bridgehead atoms. The van der Waals surface area contributed by atoms with Crippen LogP contribution in [-0.2, 0) is 19.4 Å². The Labute approximate surface area is 105 Å². The van der Waals surface area contributed by atoms with E-state index in [4.69, 9.17) is 9.63 Å². The molecule has 0 unspecified atom stereocenters. The van der Waals surface area contributed by atoms with Crippen molar-refractivity contribution in [3.63, 3.8) is 0 Å². The van der Waals surface area contributed by atoms with Gasteiger partial charge in [-0.25, -0.2) is 0 Å². The van der Waals surface area contributed by atoms with Crippen LogP contribution in [0.5, 0.6) is 0 Å². The van der Waals surface area contributed by atoms with Crippen molar-refractivity contribution in [3.8, 4) is 0 Å². The molecule has 0 radical (unpaired) electrons. The van der Waals surface area contributed by atoms with Crippen molar-refractivity contribution >= 4 is 6.29 Å². The molecule has 18 heavy (non-hydrogen) atoms. The van der Waals surface area contributed by atoms with E-state index in [0.717, 1.165) is 24.2 Å². The van der Waals surface area contributed by atoms with Gasteiger partial charge in [0.15, 0.2) is 17.8 Å². The maximum Gasteiger partial charge on any atom is 0.199 e. The van der Waals surface area contributed by atoms with E-state index in [1.807, 2.05) is 13.8 Å². The van der Waals surface area contributed by atoms with E-state index in [1.165, 1.54) is 0 Å². The van der Waals surface area contributed by atoms with Crippen molar-refractivity contribution < 1.29 is 18.9 Å². The molecule has 0 atom stereocenters. The van der Waals surface area contributed by atoms with Crippen molar-refractivity contribution in [3.05, 3.63) is 35.0 Å². The van der Waals surface area contributed by atoms with Crippen LogP contribution in [0.1, 0.15) is 41.6 Å². The van der Waals surface area contributed by atoms with Crippen LogP contribution >= 0.6 is 0 Å². The Kier molecular flexibility index (Phi) is 5.79. The predicted molar refractivity (Wildman–Crippen MR) is 63.1 cm³/mol. The van der Waals surface area contributed by atoms with E-state index in [2.05, 4.69) is 14.8 Å². The first-order valence-electron chi connectivity index (χ1n) is 5.69. The summed E-state index contributed by atoms with van der Waals surface area (Å²) in [5.41, 5.74) is 1.70. The van der Waals surface area contributed by atoms with Crippen molar-refractivity contribution in [1.29, 1.82) is 0 Å². The molecule has 0 saturated carbocycles. The highest BCUT2D eigenvalue weighted by Gasteiger charge is 1.98. The van der Waals surface area contributed by atoms with Gasteiger partial charge in [-0.3, -0.25) is 4.79 Å². The maximum atomic E-state index is 10.0. The lowest BCUT2D eigenvalue weighted by atomic mass is 10.3. The molecule has 98 valence electrons. The normalized spacial score (nSPS) is 9.72. The topological polar surface area (TPSA) is 89.4 Å². The minimum Gasteiger partial charge on any atom is -0.388 e. The third-order valence-corrected chi connectivity index (χ3v) is 2.18. The summed E-state index contributed by atoms with van der Waals surface area (Å²) in [5, 5.41) is 15.8. The maximum absolute atomic E-state index is 10.0. The molecule has 2 aromatic heterocycles. The van der Waals surface area contributed by atoms with Gasteiger partial charge in [0.05, 0.1) is 11.4 Å². The molecule has 0 spiro atoms. The van der Waals surface area contributed by atoms with Crippen LogP contribution in [0.25, 0.3) is 0 Å². The van der Waals surface area contributed by atoms with E-state index < -0.39 is 0 Å². The number of aliphatic hydroxyl groups excluding tert-OH is 1. The third kappa shape index (κ3) is 4.14. The lowest BCUT2D eigenvalue weighted by Crippen LogP contribution is -1.75. The number of aryl methyl sites for hydroxylation is 2. The Bertz CT molecular complexity index is 457. The molecule has 0 amide bonds. The fourth-order valence-electron chi connectivity index (χ4n) is 1.15. The molecule has 1 N–H and O–H groups in total. The molecular formula is C12H16N2O4. The number of rotatable bonds is 4. The second-order valence-electron chi connectivity index (χ2n) is 3.49. The highest BCUT2D eigenvalue weighted by atomic mass is 16.5. The predicted octanol–water partition coefficient (Wildman–Crippen LogP) is 1.78.